The van der Waals surface area contributed by atoms with Crippen LogP contribution in [0.2, 0.25) is 0 Å². The smallest absolute Gasteiger partial charge is 0.255 e. The van der Waals surface area contributed by atoms with Crippen LogP contribution < -0.4 is 10.1 Å². The van der Waals surface area contributed by atoms with Crippen molar-refractivity contribution in [2.24, 2.45) is 5.92 Å². The Kier molecular flexibility index (Phi) is 4.12. The van der Waals surface area contributed by atoms with Crippen molar-refractivity contribution < 1.29 is 9.13 Å². The average Bonchev–Trinajstić information content (AvgIpc) is 2.83. The summed E-state index contributed by atoms with van der Waals surface area (Å²) in [5, 5.41) is 2.93. The Morgan fingerprint density at radius 1 is 1.47 bits per heavy atom. The molecule has 0 aromatic carbocycles. The van der Waals surface area contributed by atoms with Crippen molar-refractivity contribution in [3.05, 3.63) is 12.0 Å². The lowest BCUT2D eigenvalue weighted by molar-refractivity contribution is 0.232. The zero-order chi connectivity index (χ0) is 12.1. The molecule has 1 aliphatic carbocycles. The Bertz CT molecular complexity index is 367. The molecule has 0 bridgehead atoms. The van der Waals surface area contributed by atoms with Crippen LogP contribution in [0.5, 0.6) is 5.88 Å². The van der Waals surface area contributed by atoms with Gasteiger partial charge < -0.3 is 10.1 Å². The van der Waals surface area contributed by atoms with E-state index in [9.17, 15) is 4.39 Å². The second kappa shape index (κ2) is 5.80. The van der Waals surface area contributed by atoms with E-state index in [4.69, 9.17) is 4.74 Å². The molecule has 0 atom stereocenters. The first-order valence-electron chi connectivity index (χ1n) is 6.18. The summed E-state index contributed by atoms with van der Waals surface area (Å²) in [6.45, 7) is 3.19. The summed E-state index contributed by atoms with van der Waals surface area (Å²) >= 11 is 0. The minimum Gasteiger partial charge on any atom is -0.475 e. The summed E-state index contributed by atoms with van der Waals surface area (Å²) in [5.74, 6) is 0.523. The Morgan fingerprint density at radius 2 is 2.24 bits per heavy atom. The SMILES string of the molecule is CCNc1ncc(F)c(OCC2CCCC2)n1. The van der Waals surface area contributed by atoms with Crippen LogP contribution in [-0.2, 0) is 0 Å². The third-order valence-corrected chi connectivity index (χ3v) is 2.98. The molecule has 1 N–H and O–H groups in total. The number of anilines is 1. The number of nitrogens with zero attached hydrogens (tertiary/aromatic N) is 2. The highest BCUT2D eigenvalue weighted by Gasteiger charge is 2.17. The predicted octanol–water partition coefficient (Wildman–Crippen LogP) is 2.62. The zero-order valence-electron chi connectivity index (χ0n) is 10.1. The van der Waals surface area contributed by atoms with Crippen LogP contribution in [0, 0.1) is 11.7 Å². The topological polar surface area (TPSA) is 47.0 Å². The van der Waals surface area contributed by atoms with E-state index < -0.39 is 5.82 Å². The Morgan fingerprint density at radius 3 is 2.94 bits per heavy atom. The van der Waals surface area contributed by atoms with Crippen molar-refractivity contribution in [2.45, 2.75) is 32.6 Å². The van der Waals surface area contributed by atoms with Crippen molar-refractivity contribution in [1.29, 1.82) is 0 Å². The second-order valence-corrected chi connectivity index (χ2v) is 4.34. The van der Waals surface area contributed by atoms with Crippen molar-refractivity contribution >= 4 is 5.95 Å². The molecule has 0 amide bonds. The highest BCUT2D eigenvalue weighted by Crippen LogP contribution is 2.25. The van der Waals surface area contributed by atoms with E-state index in [2.05, 4.69) is 15.3 Å². The van der Waals surface area contributed by atoms with Gasteiger partial charge in [0.2, 0.25) is 11.8 Å². The normalized spacial score (nSPS) is 16.1. The van der Waals surface area contributed by atoms with Crippen LogP contribution in [-0.4, -0.2) is 23.1 Å². The van der Waals surface area contributed by atoms with Crippen molar-refractivity contribution in [2.75, 3.05) is 18.5 Å². The summed E-state index contributed by atoms with van der Waals surface area (Å²) in [6.07, 6.45) is 6.00. The van der Waals surface area contributed by atoms with E-state index in [-0.39, 0.29) is 5.88 Å². The molecule has 5 heteroatoms. The van der Waals surface area contributed by atoms with Gasteiger partial charge in [0.05, 0.1) is 12.8 Å². The van der Waals surface area contributed by atoms with Crippen LogP contribution >= 0.6 is 0 Å². The van der Waals surface area contributed by atoms with E-state index in [0.29, 0.717) is 25.0 Å². The number of rotatable bonds is 5. The Labute approximate surface area is 101 Å². The highest BCUT2D eigenvalue weighted by molar-refractivity contribution is 5.27. The first-order chi connectivity index (χ1) is 8.29. The van der Waals surface area contributed by atoms with Crippen molar-refractivity contribution in [1.82, 2.24) is 9.97 Å². The molecule has 1 aliphatic rings. The van der Waals surface area contributed by atoms with E-state index in [1.807, 2.05) is 6.92 Å². The van der Waals surface area contributed by atoms with Crippen LogP contribution in [0.25, 0.3) is 0 Å². The van der Waals surface area contributed by atoms with Crippen LogP contribution in [0.3, 0.4) is 0 Å². The molecular weight excluding hydrogens is 221 g/mol. The molecule has 0 unspecified atom stereocenters. The molecule has 0 saturated heterocycles. The molecule has 1 fully saturated rings. The van der Waals surface area contributed by atoms with Gasteiger partial charge in [0.15, 0.2) is 0 Å². The van der Waals surface area contributed by atoms with Gasteiger partial charge in [-0.1, -0.05) is 12.8 Å². The van der Waals surface area contributed by atoms with Gasteiger partial charge in [-0.25, -0.2) is 4.98 Å². The Balaban J connectivity index is 1.95. The predicted molar refractivity (Wildman–Crippen MR) is 63.6 cm³/mol. The van der Waals surface area contributed by atoms with E-state index >= 15 is 0 Å². The van der Waals surface area contributed by atoms with Gasteiger partial charge in [-0.05, 0) is 25.7 Å². The molecule has 1 aromatic heterocycles. The summed E-state index contributed by atoms with van der Waals surface area (Å²) in [4.78, 5) is 7.83. The molecular formula is C12H18FN3O. The maximum atomic E-state index is 13.4. The lowest BCUT2D eigenvalue weighted by Crippen LogP contribution is -2.11. The van der Waals surface area contributed by atoms with E-state index in [1.165, 1.54) is 25.7 Å². The first kappa shape index (κ1) is 12.1. The molecule has 0 spiro atoms. The lowest BCUT2D eigenvalue weighted by Gasteiger charge is -2.11. The minimum absolute atomic E-state index is 0.0582. The van der Waals surface area contributed by atoms with E-state index in [0.717, 1.165) is 6.20 Å². The number of ether oxygens (including phenoxy) is 1. The van der Waals surface area contributed by atoms with Crippen LogP contribution in [0.4, 0.5) is 10.3 Å². The largest absolute Gasteiger partial charge is 0.475 e. The van der Waals surface area contributed by atoms with Crippen molar-refractivity contribution in [3.8, 4) is 5.88 Å². The fourth-order valence-electron chi connectivity index (χ4n) is 2.07. The molecule has 4 nitrogen and oxygen atoms in total. The van der Waals surface area contributed by atoms with Gasteiger partial charge >= 0.3 is 0 Å². The number of aromatic nitrogens is 2. The minimum atomic E-state index is -0.496. The number of hydrogen-bond donors (Lipinski definition) is 1. The van der Waals surface area contributed by atoms with Gasteiger partial charge in [-0.3, -0.25) is 0 Å². The summed E-state index contributed by atoms with van der Waals surface area (Å²) < 4.78 is 18.8. The summed E-state index contributed by atoms with van der Waals surface area (Å²) in [6, 6.07) is 0. The standard InChI is InChI=1S/C12H18FN3O/c1-2-14-12-15-7-10(13)11(16-12)17-8-9-5-3-4-6-9/h7,9H,2-6,8H2,1H3,(H,14,15,16). The summed E-state index contributed by atoms with van der Waals surface area (Å²) in [7, 11) is 0. The maximum absolute atomic E-state index is 13.4. The second-order valence-electron chi connectivity index (χ2n) is 4.34. The van der Waals surface area contributed by atoms with Gasteiger partial charge in [-0.15, -0.1) is 0 Å². The fraction of sp³-hybridized carbons (Fsp3) is 0.667. The molecule has 1 heterocycles. The monoisotopic (exact) mass is 239 g/mol. The number of hydrogen-bond acceptors (Lipinski definition) is 4. The third kappa shape index (κ3) is 3.28. The molecule has 0 radical (unpaired) electrons. The molecule has 1 saturated carbocycles. The van der Waals surface area contributed by atoms with Gasteiger partial charge in [0, 0.05) is 6.54 Å². The maximum Gasteiger partial charge on any atom is 0.255 e. The van der Waals surface area contributed by atoms with Crippen LogP contribution in [0.15, 0.2) is 6.20 Å². The average molecular weight is 239 g/mol. The number of nitrogens with one attached hydrogen (secondary N) is 1. The highest BCUT2D eigenvalue weighted by atomic mass is 19.1. The Hall–Kier alpha value is -1.39. The quantitative estimate of drug-likeness (QED) is 0.858. The lowest BCUT2D eigenvalue weighted by atomic mass is 10.1. The van der Waals surface area contributed by atoms with Crippen molar-refractivity contribution in [3.63, 3.8) is 0 Å². The molecule has 1 aromatic rings. The molecule has 0 aliphatic heterocycles. The molecule has 17 heavy (non-hydrogen) atoms. The fourth-order valence-corrected chi connectivity index (χ4v) is 2.07. The van der Waals surface area contributed by atoms with Gasteiger partial charge in [0.25, 0.3) is 5.88 Å². The van der Waals surface area contributed by atoms with Gasteiger partial charge in [-0.2, -0.15) is 9.37 Å². The third-order valence-electron chi connectivity index (χ3n) is 2.98. The first-order valence-corrected chi connectivity index (χ1v) is 6.18. The number of halogens is 1. The summed E-state index contributed by atoms with van der Waals surface area (Å²) in [5.41, 5.74) is 0. The zero-order valence-corrected chi connectivity index (χ0v) is 10.1. The molecule has 94 valence electrons. The van der Waals surface area contributed by atoms with Crippen LogP contribution in [0.1, 0.15) is 32.6 Å². The molecule has 2 rings (SSSR count). The van der Waals surface area contributed by atoms with Gasteiger partial charge in [0.1, 0.15) is 0 Å². The van der Waals surface area contributed by atoms with E-state index in [1.54, 1.807) is 0 Å².